The van der Waals surface area contributed by atoms with Crippen LogP contribution in [0.3, 0.4) is 0 Å². The van der Waals surface area contributed by atoms with Crippen LogP contribution >= 0.6 is 0 Å². The minimum Gasteiger partial charge on any atom is -0.349 e. The third-order valence-corrected chi connectivity index (χ3v) is 1.25. The predicted octanol–water partition coefficient (Wildman–Crippen LogP) is 0.693. The summed E-state index contributed by atoms with van der Waals surface area (Å²) >= 11 is 0. The molecule has 5 nitrogen and oxygen atoms in total. The molecule has 0 unspecified atom stereocenters. The lowest BCUT2D eigenvalue weighted by Gasteiger charge is -2.01. The molecule has 0 bridgehead atoms. The molecule has 2 amide bonds. The topological polar surface area (TPSA) is 81.4 Å². The van der Waals surface area contributed by atoms with Crippen molar-refractivity contribution in [1.29, 1.82) is 0 Å². The van der Waals surface area contributed by atoms with E-state index in [9.17, 15) is 9.59 Å². The maximum Gasteiger partial charge on any atom is 0.345 e. The van der Waals surface area contributed by atoms with Crippen LogP contribution in [0.15, 0.2) is 0 Å². The summed E-state index contributed by atoms with van der Waals surface area (Å²) in [5.41, 5.74) is 6.43. The first-order valence-electron chi connectivity index (χ1n) is 3.92. The Kier molecular flexibility index (Phi) is 5.77. The van der Waals surface area contributed by atoms with Gasteiger partial charge in [0.1, 0.15) is 0 Å². The lowest BCUT2D eigenvalue weighted by molar-refractivity contribution is -0.148. The van der Waals surface area contributed by atoms with Gasteiger partial charge in [-0.15, -0.1) is 0 Å². The van der Waals surface area contributed by atoms with E-state index in [0.717, 1.165) is 19.3 Å². The molecule has 0 rings (SSSR count). The van der Waals surface area contributed by atoms with E-state index in [-0.39, 0.29) is 0 Å². The Labute approximate surface area is 71.2 Å². The minimum atomic E-state index is -0.862. The molecule has 0 radical (unpaired) electrons. The third kappa shape index (κ3) is 6.85. The molecule has 12 heavy (non-hydrogen) atoms. The summed E-state index contributed by atoms with van der Waals surface area (Å²) in [5.74, 6) is -0.456. The fourth-order valence-electron chi connectivity index (χ4n) is 0.678. The van der Waals surface area contributed by atoms with E-state index in [1.54, 1.807) is 5.48 Å². The zero-order valence-corrected chi connectivity index (χ0v) is 7.13. The first-order valence-corrected chi connectivity index (χ1v) is 3.92. The SMILES string of the molecule is CCCCCC(=O)ONC(N)=O. The van der Waals surface area contributed by atoms with Gasteiger partial charge in [-0.3, -0.25) is 0 Å². The first kappa shape index (κ1) is 10.7. The molecule has 0 atom stereocenters. The molecule has 0 saturated heterocycles. The Balaban J connectivity index is 3.28. The number of hydroxylamine groups is 1. The molecule has 0 aliphatic rings. The quantitative estimate of drug-likeness (QED) is 0.486. The van der Waals surface area contributed by atoms with Crippen molar-refractivity contribution in [2.75, 3.05) is 0 Å². The second kappa shape index (κ2) is 6.45. The Bertz CT molecular complexity index is 159. The van der Waals surface area contributed by atoms with Crippen molar-refractivity contribution >= 4 is 12.0 Å². The highest BCUT2D eigenvalue weighted by Gasteiger charge is 2.02. The Morgan fingerprint density at radius 2 is 2.08 bits per heavy atom. The van der Waals surface area contributed by atoms with Crippen molar-refractivity contribution in [1.82, 2.24) is 5.48 Å². The van der Waals surface area contributed by atoms with E-state index in [1.807, 2.05) is 6.92 Å². The van der Waals surface area contributed by atoms with Crippen LogP contribution in [-0.4, -0.2) is 12.0 Å². The van der Waals surface area contributed by atoms with Crippen LogP contribution in [0.25, 0.3) is 0 Å². The van der Waals surface area contributed by atoms with Gasteiger partial charge in [0, 0.05) is 6.42 Å². The number of primary amides is 1. The van der Waals surface area contributed by atoms with E-state index in [2.05, 4.69) is 10.6 Å². The first-order chi connectivity index (χ1) is 5.66. The highest BCUT2D eigenvalue weighted by molar-refractivity contribution is 5.74. The van der Waals surface area contributed by atoms with Crippen molar-refractivity contribution in [3.05, 3.63) is 0 Å². The molecule has 0 aromatic rings. The van der Waals surface area contributed by atoms with Gasteiger partial charge in [0.2, 0.25) is 0 Å². The zero-order chi connectivity index (χ0) is 9.40. The molecule has 70 valence electrons. The van der Waals surface area contributed by atoms with E-state index in [4.69, 9.17) is 0 Å². The number of unbranched alkanes of at least 4 members (excludes halogenated alkanes) is 2. The fourth-order valence-corrected chi connectivity index (χ4v) is 0.678. The van der Waals surface area contributed by atoms with Gasteiger partial charge in [0.15, 0.2) is 0 Å². The van der Waals surface area contributed by atoms with Crippen molar-refractivity contribution in [3.63, 3.8) is 0 Å². The van der Waals surface area contributed by atoms with Crippen LogP contribution < -0.4 is 11.2 Å². The molecule has 0 aromatic heterocycles. The van der Waals surface area contributed by atoms with Crippen LogP contribution in [-0.2, 0) is 9.63 Å². The van der Waals surface area contributed by atoms with Crippen molar-refractivity contribution in [2.24, 2.45) is 5.73 Å². The summed E-state index contributed by atoms with van der Waals surface area (Å²) in [6, 6.07) is -0.862. The molecule has 5 heteroatoms. The highest BCUT2D eigenvalue weighted by Crippen LogP contribution is 1.99. The summed E-state index contributed by atoms with van der Waals surface area (Å²) in [6.45, 7) is 2.03. The van der Waals surface area contributed by atoms with Gasteiger partial charge in [-0.1, -0.05) is 19.8 Å². The van der Waals surface area contributed by atoms with Crippen LogP contribution in [0.2, 0.25) is 0 Å². The van der Waals surface area contributed by atoms with Crippen molar-refractivity contribution in [2.45, 2.75) is 32.6 Å². The molecular weight excluding hydrogens is 160 g/mol. The number of carbonyl (C=O) groups is 2. The predicted molar refractivity (Wildman–Crippen MR) is 43.0 cm³/mol. The second-order valence-corrected chi connectivity index (χ2v) is 2.40. The summed E-state index contributed by atoms with van der Waals surface area (Å²) < 4.78 is 0. The van der Waals surface area contributed by atoms with Gasteiger partial charge in [-0.2, -0.15) is 5.48 Å². The largest absolute Gasteiger partial charge is 0.349 e. The van der Waals surface area contributed by atoms with E-state index in [0.29, 0.717) is 6.42 Å². The summed E-state index contributed by atoms with van der Waals surface area (Å²) in [6.07, 6.45) is 3.10. The molecule has 0 aliphatic carbocycles. The normalized spacial score (nSPS) is 9.08. The van der Waals surface area contributed by atoms with E-state index >= 15 is 0 Å². The van der Waals surface area contributed by atoms with Crippen LogP contribution in [0.5, 0.6) is 0 Å². The lowest BCUT2D eigenvalue weighted by Crippen LogP contribution is -2.31. The number of carbonyl (C=O) groups excluding carboxylic acids is 2. The Hall–Kier alpha value is -1.26. The smallest absolute Gasteiger partial charge is 0.345 e. The van der Waals surface area contributed by atoms with Crippen LogP contribution in [0.4, 0.5) is 4.79 Å². The van der Waals surface area contributed by atoms with Gasteiger partial charge in [0.25, 0.3) is 0 Å². The lowest BCUT2D eigenvalue weighted by atomic mass is 10.2. The highest BCUT2D eigenvalue weighted by atomic mass is 16.7. The van der Waals surface area contributed by atoms with Gasteiger partial charge >= 0.3 is 12.0 Å². The number of nitrogens with two attached hydrogens (primary N) is 1. The molecule has 3 N–H and O–H groups in total. The van der Waals surface area contributed by atoms with Crippen molar-refractivity contribution in [3.8, 4) is 0 Å². The van der Waals surface area contributed by atoms with E-state index in [1.165, 1.54) is 0 Å². The monoisotopic (exact) mass is 174 g/mol. The summed E-state index contributed by atoms with van der Waals surface area (Å²) in [4.78, 5) is 25.1. The number of rotatable bonds is 4. The number of nitrogens with one attached hydrogen (secondary N) is 1. The molecule has 0 aromatic carbocycles. The number of urea groups is 1. The molecule has 0 spiro atoms. The Morgan fingerprint density at radius 3 is 2.58 bits per heavy atom. The molecule has 0 fully saturated rings. The number of hydrogen-bond acceptors (Lipinski definition) is 3. The maximum absolute atomic E-state index is 10.7. The molecule has 0 saturated carbocycles. The van der Waals surface area contributed by atoms with Crippen LogP contribution in [0.1, 0.15) is 32.6 Å². The van der Waals surface area contributed by atoms with Gasteiger partial charge < -0.3 is 10.6 Å². The van der Waals surface area contributed by atoms with Crippen molar-refractivity contribution < 1.29 is 14.4 Å². The average molecular weight is 174 g/mol. The molecular formula is C7H14N2O3. The summed E-state index contributed by atoms with van der Waals surface area (Å²) in [5, 5.41) is 0. The van der Waals surface area contributed by atoms with E-state index < -0.39 is 12.0 Å². The zero-order valence-electron chi connectivity index (χ0n) is 7.13. The Morgan fingerprint density at radius 1 is 1.42 bits per heavy atom. The van der Waals surface area contributed by atoms with Gasteiger partial charge in [-0.25, -0.2) is 9.59 Å². The average Bonchev–Trinajstić information content (AvgIpc) is 2.01. The van der Waals surface area contributed by atoms with Gasteiger partial charge in [-0.05, 0) is 6.42 Å². The fraction of sp³-hybridized carbons (Fsp3) is 0.714. The van der Waals surface area contributed by atoms with Gasteiger partial charge in [0.05, 0.1) is 0 Å². The third-order valence-electron chi connectivity index (χ3n) is 1.25. The number of amides is 2. The summed E-state index contributed by atoms with van der Waals surface area (Å²) in [7, 11) is 0. The van der Waals surface area contributed by atoms with Crippen LogP contribution in [0, 0.1) is 0 Å². The standard InChI is InChI=1S/C7H14N2O3/c1-2-3-4-5-6(10)12-9-7(8)11/h2-5H2,1H3,(H3,8,9,11). The second-order valence-electron chi connectivity index (χ2n) is 2.40. The minimum absolute atomic E-state index is 0.314. The number of hydrogen-bond donors (Lipinski definition) is 2. The molecule has 0 heterocycles. The maximum atomic E-state index is 10.7. The molecule has 0 aliphatic heterocycles.